The third-order valence-electron chi connectivity index (χ3n) is 4.06. The zero-order chi connectivity index (χ0) is 22.5. The van der Waals surface area contributed by atoms with Crippen molar-refractivity contribution in [3.05, 3.63) is 51.5 Å². The Balaban J connectivity index is 1.80. The summed E-state index contributed by atoms with van der Waals surface area (Å²) in [6, 6.07) is 9.30. The maximum absolute atomic E-state index is 12.0. The van der Waals surface area contributed by atoms with Gasteiger partial charge in [0.2, 0.25) is 5.71 Å². The first-order valence-electron chi connectivity index (χ1n) is 8.64. The summed E-state index contributed by atoms with van der Waals surface area (Å²) in [4.78, 5) is 34.0. The molecule has 3 rings (SSSR count). The smallest absolute Gasteiger partial charge is 0.411 e. The lowest BCUT2D eigenvalue weighted by molar-refractivity contribution is -0.114. The molecule has 0 spiro atoms. The zero-order valence-corrected chi connectivity index (χ0v) is 17.0. The first kappa shape index (κ1) is 21.9. The monoisotopic (exact) mass is 461 g/mol. The second kappa shape index (κ2) is 9.34. The number of carbonyl (C=O) groups excluding carboxylic acids is 2. The maximum Gasteiger partial charge on any atom is 0.411 e. The van der Waals surface area contributed by atoms with E-state index in [1.165, 1.54) is 23.5 Å². The largest absolute Gasteiger partial charge is 0.465 e. The molecule has 12 heteroatoms. The van der Waals surface area contributed by atoms with Crippen LogP contribution in [0.4, 0.5) is 10.5 Å². The van der Waals surface area contributed by atoms with Gasteiger partial charge >= 0.3 is 6.09 Å². The molecule has 0 bridgehead atoms. The molecule has 31 heavy (non-hydrogen) atoms. The SMILES string of the molecule is N#CC(=NNc1cc(Cl)c(Oc2ccc3c(c2)C(=O)NCC3)c(Cl)c1)C(=O)NC(=O)O. The lowest BCUT2D eigenvalue weighted by Gasteiger charge is -2.18. The predicted molar refractivity (Wildman–Crippen MR) is 112 cm³/mol. The van der Waals surface area contributed by atoms with E-state index in [1.54, 1.807) is 18.2 Å². The van der Waals surface area contributed by atoms with Gasteiger partial charge in [-0.1, -0.05) is 29.3 Å². The average molecular weight is 462 g/mol. The summed E-state index contributed by atoms with van der Waals surface area (Å²) in [6.45, 7) is 0.576. The number of carbonyl (C=O) groups is 3. The number of amides is 3. The molecule has 3 amide bonds. The fourth-order valence-electron chi connectivity index (χ4n) is 2.70. The molecule has 1 heterocycles. The number of anilines is 1. The van der Waals surface area contributed by atoms with Crippen molar-refractivity contribution in [1.82, 2.24) is 10.6 Å². The molecule has 1 aliphatic heterocycles. The Hall–Kier alpha value is -3.81. The topological polar surface area (TPSA) is 153 Å². The van der Waals surface area contributed by atoms with Crippen LogP contribution in [-0.2, 0) is 11.2 Å². The van der Waals surface area contributed by atoms with Crippen LogP contribution in [0.25, 0.3) is 0 Å². The minimum absolute atomic E-state index is 0.0841. The summed E-state index contributed by atoms with van der Waals surface area (Å²) >= 11 is 12.5. The number of benzene rings is 2. The Kier molecular flexibility index (Phi) is 6.59. The standard InChI is InChI=1S/C19H13Cl2N5O5/c20-13-5-10(25-26-15(8-22)18(28)24-19(29)30)6-14(21)16(13)31-11-2-1-9-3-4-23-17(27)12(9)7-11/h1-2,5-7,25H,3-4H2,(H,23,27)(H,24,28)(H,29,30). The Morgan fingerprint density at radius 3 is 2.58 bits per heavy atom. The van der Waals surface area contributed by atoms with Crippen molar-refractivity contribution in [3.63, 3.8) is 0 Å². The number of fused-ring (bicyclic) bond motifs is 1. The van der Waals surface area contributed by atoms with Crippen LogP contribution >= 0.6 is 23.2 Å². The van der Waals surface area contributed by atoms with E-state index in [9.17, 15) is 14.4 Å². The third-order valence-corrected chi connectivity index (χ3v) is 4.62. The molecule has 0 aromatic heterocycles. The number of ether oxygens (including phenoxy) is 1. The molecule has 0 fully saturated rings. The Labute approximate surface area is 185 Å². The van der Waals surface area contributed by atoms with Crippen molar-refractivity contribution in [3.8, 4) is 17.6 Å². The summed E-state index contributed by atoms with van der Waals surface area (Å²) < 4.78 is 5.75. The number of nitrogens with one attached hydrogen (secondary N) is 3. The summed E-state index contributed by atoms with van der Waals surface area (Å²) in [5, 5.41) is 25.4. The van der Waals surface area contributed by atoms with Gasteiger partial charge in [0.15, 0.2) is 5.75 Å². The minimum Gasteiger partial charge on any atom is -0.465 e. The molecule has 0 atom stereocenters. The van der Waals surface area contributed by atoms with E-state index >= 15 is 0 Å². The second-order valence-electron chi connectivity index (χ2n) is 6.14. The summed E-state index contributed by atoms with van der Waals surface area (Å²) in [6.07, 6.45) is -0.904. The second-order valence-corrected chi connectivity index (χ2v) is 6.95. The van der Waals surface area contributed by atoms with Gasteiger partial charge in [-0.15, -0.1) is 0 Å². The third kappa shape index (κ3) is 5.22. The minimum atomic E-state index is -1.62. The Bertz CT molecular complexity index is 1140. The van der Waals surface area contributed by atoms with E-state index < -0.39 is 17.7 Å². The van der Waals surface area contributed by atoms with Crippen LogP contribution in [0.15, 0.2) is 35.4 Å². The van der Waals surface area contributed by atoms with E-state index in [0.29, 0.717) is 17.9 Å². The van der Waals surface area contributed by atoms with Gasteiger partial charge in [0, 0.05) is 12.1 Å². The number of rotatable bonds is 5. The molecule has 2 aromatic rings. The van der Waals surface area contributed by atoms with Gasteiger partial charge in [-0.2, -0.15) is 10.4 Å². The lowest BCUT2D eigenvalue weighted by atomic mass is 10.0. The number of carboxylic acid groups (broad SMARTS) is 1. The molecule has 0 saturated heterocycles. The highest BCUT2D eigenvalue weighted by molar-refractivity contribution is 6.46. The first-order valence-corrected chi connectivity index (χ1v) is 9.40. The van der Waals surface area contributed by atoms with Crippen molar-refractivity contribution in [2.24, 2.45) is 5.10 Å². The summed E-state index contributed by atoms with van der Waals surface area (Å²) in [5.74, 6) is -0.911. The number of hydrazone groups is 1. The van der Waals surface area contributed by atoms with E-state index in [0.717, 1.165) is 12.0 Å². The molecule has 0 saturated carbocycles. The van der Waals surface area contributed by atoms with E-state index in [-0.39, 0.29) is 27.4 Å². The van der Waals surface area contributed by atoms with Crippen molar-refractivity contribution < 1.29 is 24.2 Å². The quantitative estimate of drug-likeness (QED) is 0.393. The Morgan fingerprint density at radius 1 is 1.23 bits per heavy atom. The van der Waals surface area contributed by atoms with Gasteiger partial charge in [-0.25, -0.2) is 4.79 Å². The van der Waals surface area contributed by atoms with Crippen LogP contribution in [0.1, 0.15) is 15.9 Å². The molecule has 10 nitrogen and oxygen atoms in total. The molecule has 0 radical (unpaired) electrons. The molecular formula is C19H13Cl2N5O5. The molecule has 4 N–H and O–H groups in total. The van der Waals surface area contributed by atoms with Crippen molar-refractivity contribution in [2.75, 3.05) is 12.0 Å². The van der Waals surface area contributed by atoms with Crippen LogP contribution in [0.3, 0.4) is 0 Å². The van der Waals surface area contributed by atoms with Gasteiger partial charge in [-0.05, 0) is 36.2 Å². The fourth-order valence-corrected chi connectivity index (χ4v) is 3.26. The number of nitriles is 1. The average Bonchev–Trinajstić information content (AvgIpc) is 2.71. The van der Waals surface area contributed by atoms with Crippen molar-refractivity contribution in [2.45, 2.75) is 6.42 Å². The van der Waals surface area contributed by atoms with E-state index in [1.807, 2.05) is 0 Å². The van der Waals surface area contributed by atoms with Gasteiger partial charge in [0.25, 0.3) is 11.8 Å². The molecule has 0 unspecified atom stereocenters. The number of halogens is 2. The molecule has 158 valence electrons. The molecular weight excluding hydrogens is 449 g/mol. The number of nitrogens with zero attached hydrogens (tertiary/aromatic N) is 2. The van der Waals surface area contributed by atoms with Crippen molar-refractivity contribution >= 4 is 52.5 Å². The molecule has 1 aliphatic rings. The predicted octanol–water partition coefficient (Wildman–Crippen LogP) is 3.16. The maximum atomic E-state index is 12.0. The highest BCUT2D eigenvalue weighted by Crippen LogP contribution is 2.39. The highest BCUT2D eigenvalue weighted by Gasteiger charge is 2.19. The first-order chi connectivity index (χ1) is 14.8. The zero-order valence-electron chi connectivity index (χ0n) is 15.5. The Morgan fingerprint density at radius 2 is 1.94 bits per heavy atom. The number of hydrogen-bond donors (Lipinski definition) is 4. The van der Waals surface area contributed by atoms with Crippen LogP contribution in [0, 0.1) is 11.3 Å². The number of hydrogen-bond acceptors (Lipinski definition) is 7. The van der Waals surface area contributed by atoms with Gasteiger partial charge in [-0.3, -0.25) is 20.3 Å². The van der Waals surface area contributed by atoms with Gasteiger partial charge in [0.1, 0.15) is 11.8 Å². The summed E-state index contributed by atoms with van der Waals surface area (Å²) in [5.41, 5.74) is 3.31. The number of imide groups is 1. The van der Waals surface area contributed by atoms with Crippen LogP contribution < -0.4 is 20.8 Å². The highest BCUT2D eigenvalue weighted by atomic mass is 35.5. The van der Waals surface area contributed by atoms with Crippen molar-refractivity contribution in [1.29, 1.82) is 5.26 Å². The lowest BCUT2D eigenvalue weighted by Crippen LogP contribution is -2.34. The normalized spacial score (nSPS) is 12.8. The van der Waals surface area contributed by atoms with Gasteiger partial charge in [0.05, 0.1) is 15.7 Å². The molecule has 2 aromatic carbocycles. The van der Waals surface area contributed by atoms with E-state index in [4.69, 9.17) is 38.3 Å². The van der Waals surface area contributed by atoms with E-state index in [2.05, 4.69) is 15.8 Å². The molecule has 0 aliphatic carbocycles. The van der Waals surface area contributed by atoms with Crippen LogP contribution in [0.2, 0.25) is 10.0 Å². The fraction of sp³-hybridized carbons (Fsp3) is 0.105. The summed E-state index contributed by atoms with van der Waals surface area (Å²) in [7, 11) is 0. The van der Waals surface area contributed by atoms with Crippen LogP contribution in [-0.4, -0.2) is 35.3 Å². The van der Waals surface area contributed by atoms with Gasteiger partial charge < -0.3 is 15.2 Å². The van der Waals surface area contributed by atoms with Crippen LogP contribution in [0.5, 0.6) is 11.5 Å².